The third-order valence-corrected chi connectivity index (χ3v) is 3.41. The zero-order valence-electron chi connectivity index (χ0n) is 10.2. The van der Waals surface area contributed by atoms with Crippen molar-refractivity contribution in [1.82, 2.24) is 4.90 Å². The highest BCUT2D eigenvalue weighted by Crippen LogP contribution is 2.38. The number of halogens is 3. The fourth-order valence-electron chi connectivity index (χ4n) is 2.66. The van der Waals surface area contributed by atoms with E-state index in [0.29, 0.717) is 6.42 Å². The lowest BCUT2D eigenvalue weighted by atomic mass is 9.86. The molecule has 1 aromatic rings. The van der Waals surface area contributed by atoms with Crippen LogP contribution in [-0.4, -0.2) is 29.8 Å². The van der Waals surface area contributed by atoms with Crippen LogP contribution >= 0.6 is 0 Å². The van der Waals surface area contributed by atoms with Crippen LogP contribution in [-0.2, 0) is 6.42 Å². The van der Waals surface area contributed by atoms with Crippen LogP contribution in [0.5, 0.6) is 5.75 Å². The Morgan fingerprint density at radius 1 is 1.39 bits per heavy atom. The Kier molecular flexibility index (Phi) is 3.52. The second kappa shape index (κ2) is 4.80. The molecule has 18 heavy (non-hydrogen) atoms. The molecule has 0 aliphatic heterocycles. The molecule has 1 aliphatic rings. The molecule has 1 aliphatic carbocycles. The molecular weight excluding hydrogens is 243 g/mol. The number of hydrogen-bond acceptors (Lipinski definition) is 2. The van der Waals surface area contributed by atoms with Crippen molar-refractivity contribution in [1.29, 1.82) is 0 Å². The fraction of sp³-hybridized carbons (Fsp3) is 0.538. The highest BCUT2D eigenvalue weighted by molar-refractivity contribution is 5.42. The summed E-state index contributed by atoms with van der Waals surface area (Å²) in [6.45, 7) is -0.924. The molecule has 5 heteroatoms. The van der Waals surface area contributed by atoms with Gasteiger partial charge >= 0.3 is 6.18 Å². The minimum absolute atomic E-state index is 0.192. The lowest BCUT2D eigenvalue weighted by molar-refractivity contribution is -0.148. The van der Waals surface area contributed by atoms with Gasteiger partial charge in [0.05, 0.1) is 6.54 Å². The van der Waals surface area contributed by atoms with Crippen LogP contribution < -0.4 is 0 Å². The van der Waals surface area contributed by atoms with Crippen molar-refractivity contribution in [2.24, 2.45) is 0 Å². The number of phenolic OH excluding ortho intramolecular Hbond substituents is 1. The summed E-state index contributed by atoms with van der Waals surface area (Å²) in [5.41, 5.74) is 1.62. The summed E-state index contributed by atoms with van der Waals surface area (Å²) in [6, 6.07) is 4.83. The summed E-state index contributed by atoms with van der Waals surface area (Å²) >= 11 is 0. The molecule has 1 unspecified atom stereocenters. The Hall–Kier alpha value is -1.23. The number of benzene rings is 1. The van der Waals surface area contributed by atoms with Gasteiger partial charge in [0.2, 0.25) is 0 Å². The van der Waals surface area contributed by atoms with Crippen molar-refractivity contribution in [2.75, 3.05) is 13.6 Å². The first-order chi connectivity index (χ1) is 8.38. The number of alkyl halides is 3. The van der Waals surface area contributed by atoms with Crippen LogP contribution in [0.3, 0.4) is 0 Å². The van der Waals surface area contributed by atoms with E-state index >= 15 is 0 Å². The lowest BCUT2D eigenvalue weighted by Gasteiger charge is -2.33. The summed E-state index contributed by atoms with van der Waals surface area (Å²) in [7, 11) is 1.48. The lowest BCUT2D eigenvalue weighted by Crippen LogP contribution is -2.35. The molecule has 2 rings (SSSR count). The molecule has 2 nitrogen and oxygen atoms in total. The molecule has 0 heterocycles. The number of phenols is 1. The maximum Gasteiger partial charge on any atom is 0.401 e. The van der Waals surface area contributed by atoms with Crippen LogP contribution in [0.1, 0.15) is 30.0 Å². The maximum atomic E-state index is 12.4. The predicted octanol–water partition coefficient (Wildman–Crippen LogP) is 3.26. The first kappa shape index (κ1) is 13.2. The van der Waals surface area contributed by atoms with Crippen LogP contribution in [0.15, 0.2) is 18.2 Å². The molecule has 0 bridgehead atoms. The van der Waals surface area contributed by atoms with Crippen molar-refractivity contribution in [3.05, 3.63) is 29.3 Å². The van der Waals surface area contributed by atoms with E-state index in [1.54, 1.807) is 12.1 Å². The van der Waals surface area contributed by atoms with Gasteiger partial charge in [-0.15, -0.1) is 0 Å². The van der Waals surface area contributed by atoms with Gasteiger partial charge in [0.15, 0.2) is 0 Å². The SMILES string of the molecule is CN(CC(F)(F)F)C1CCCc2c(O)cccc21. The van der Waals surface area contributed by atoms with Crippen molar-refractivity contribution in [3.8, 4) is 5.75 Å². The van der Waals surface area contributed by atoms with E-state index in [1.165, 1.54) is 11.9 Å². The molecule has 1 aromatic carbocycles. The Morgan fingerprint density at radius 2 is 2.11 bits per heavy atom. The molecule has 0 spiro atoms. The topological polar surface area (TPSA) is 23.5 Å². The van der Waals surface area contributed by atoms with E-state index in [0.717, 1.165) is 24.0 Å². The van der Waals surface area contributed by atoms with E-state index in [-0.39, 0.29) is 11.8 Å². The van der Waals surface area contributed by atoms with Crippen molar-refractivity contribution in [3.63, 3.8) is 0 Å². The molecule has 0 saturated carbocycles. The molecule has 100 valence electrons. The van der Waals surface area contributed by atoms with E-state index in [4.69, 9.17) is 0 Å². The quantitative estimate of drug-likeness (QED) is 0.881. The van der Waals surface area contributed by atoms with Crippen LogP contribution in [0, 0.1) is 0 Å². The predicted molar refractivity (Wildman–Crippen MR) is 62.5 cm³/mol. The Balaban J connectivity index is 2.25. The third-order valence-electron chi connectivity index (χ3n) is 3.41. The van der Waals surface area contributed by atoms with Gasteiger partial charge in [0.1, 0.15) is 5.75 Å². The molecule has 0 saturated heterocycles. The largest absolute Gasteiger partial charge is 0.508 e. The number of hydrogen-bond donors (Lipinski definition) is 1. The number of nitrogens with zero attached hydrogens (tertiary/aromatic N) is 1. The van der Waals surface area contributed by atoms with Crippen molar-refractivity contribution in [2.45, 2.75) is 31.5 Å². The Morgan fingerprint density at radius 3 is 2.78 bits per heavy atom. The second-order valence-electron chi connectivity index (χ2n) is 4.78. The minimum Gasteiger partial charge on any atom is -0.508 e. The second-order valence-corrected chi connectivity index (χ2v) is 4.78. The number of rotatable bonds is 2. The number of aromatic hydroxyl groups is 1. The molecule has 0 aromatic heterocycles. The zero-order chi connectivity index (χ0) is 13.3. The van der Waals surface area contributed by atoms with Crippen LogP contribution in [0.4, 0.5) is 13.2 Å². The van der Waals surface area contributed by atoms with Gasteiger partial charge in [-0.25, -0.2) is 0 Å². The maximum absolute atomic E-state index is 12.4. The normalized spacial score (nSPS) is 19.9. The molecular formula is C13H16F3NO. The van der Waals surface area contributed by atoms with E-state index in [1.807, 2.05) is 6.07 Å². The molecule has 1 atom stereocenters. The standard InChI is InChI=1S/C13H16F3NO/c1-17(8-13(14,15)16)11-6-2-5-10-9(11)4-3-7-12(10)18/h3-4,7,11,18H,2,5-6,8H2,1H3. The summed E-state index contributed by atoms with van der Waals surface area (Å²) in [6.07, 6.45) is -1.96. The molecule has 0 radical (unpaired) electrons. The van der Waals surface area contributed by atoms with Gasteiger partial charge in [0.25, 0.3) is 0 Å². The minimum atomic E-state index is -4.19. The van der Waals surface area contributed by atoms with E-state index in [2.05, 4.69) is 0 Å². The van der Waals surface area contributed by atoms with Gasteiger partial charge in [-0.1, -0.05) is 12.1 Å². The Bertz CT molecular complexity index is 431. The molecule has 0 fully saturated rings. The smallest absolute Gasteiger partial charge is 0.401 e. The van der Waals surface area contributed by atoms with Gasteiger partial charge in [-0.2, -0.15) is 13.2 Å². The highest BCUT2D eigenvalue weighted by Gasteiger charge is 2.34. The van der Waals surface area contributed by atoms with E-state index < -0.39 is 12.7 Å². The van der Waals surface area contributed by atoms with Gasteiger partial charge in [-0.3, -0.25) is 4.90 Å². The first-order valence-corrected chi connectivity index (χ1v) is 5.96. The summed E-state index contributed by atoms with van der Waals surface area (Å²) < 4.78 is 37.3. The first-order valence-electron chi connectivity index (χ1n) is 5.96. The van der Waals surface area contributed by atoms with Crippen molar-refractivity contribution < 1.29 is 18.3 Å². The summed E-state index contributed by atoms with van der Waals surface area (Å²) in [5, 5.41) is 9.75. The monoisotopic (exact) mass is 259 g/mol. The van der Waals surface area contributed by atoms with Crippen LogP contribution in [0.2, 0.25) is 0 Å². The van der Waals surface area contributed by atoms with Gasteiger partial charge < -0.3 is 5.11 Å². The fourth-order valence-corrected chi connectivity index (χ4v) is 2.66. The third kappa shape index (κ3) is 2.77. The molecule has 0 amide bonds. The van der Waals surface area contributed by atoms with E-state index in [9.17, 15) is 18.3 Å². The summed E-state index contributed by atoms with van der Waals surface area (Å²) in [5.74, 6) is 0.192. The van der Waals surface area contributed by atoms with Crippen LogP contribution in [0.25, 0.3) is 0 Å². The molecule has 1 N–H and O–H groups in total. The van der Waals surface area contributed by atoms with Gasteiger partial charge in [-0.05, 0) is 43.5 Å². The Labute approximate surface area is 104 Å². The van der Waals surface area contributed by atoms with Crippen molar-refractivity contribution >= 4 is 0 Å². The van der Waals surface area contributed by atoms with Gasteiger partial charge in [0, 0.05) is 6.04 Å². The average molecular weight is 259 g/mol. The zero-order valence-corrected chi connectivity index (χ0v) is 10.2. The average Bonchev–Trinajstić information content (AvgIpc) is 2.26. The number of fused-ring (bicyclic) bond motifs is 1. The summed E-state index contributed by atoms with van der Waals surface area (Å²) in [4.78, 5) is 1.32. The highest BCUT2D eigenvalue weighted by atomic mass is 19.4.